The molecule has 0 atom stereocenters. The second-order valence-corrected chi connectivity index (χ2v) is 6.85. The van der Waals surface area contributed by atoms with E-state index in [0.29, 0.717) is 13.1 Å². The Morgan fingerprint density at radius 2 is 1.88 bits per heavy atom. The number of nitrogens with one attached hydrogen (secondary N) is 1. The van der Waals surface area contributed by atoms with Gasteiger partial charge in [-0.15, -0.1) is 0 Å². The number of carbonyl (C=O) groups excluding carboxylic acids is 1. The third-order valence-corrected chi connectivity index (χ3v) is 4.42. The van der Waals surface area contributed by atoms with Crippen LogP contribution in [0.25, 0.3) is 0 Å². The Morgan fingerprint density at radius 1 is 1.12 bits per heavy atom. The fraction of sp³-hybridized carbons (Fsp3) is 0.211. The molecule has 3 aromatic rings. The van der Waals surface area contributed by atoms with Gasteiger partial charge in [-0.05, 0) is 43.2 Å². The molecule has 1 N–H and O–H groups in total. The lowest BCUT2D eigenvalue weighted by Gasteiger charge is -2.09. The fourth-order valence-electron chi connectivity index (χ4n) is 2.69. The Hall–Kier alpha value is -2.37. The summed E-state index contributed by atoms with van der Waals surface area (Å²) in [4.78, 5) is 16.3. The Bertz CT molecular complexity index is 952. The first kappa shape index (κ1) is 18.4. The summed E-state index contributed by atoms with van der Waals surface area (Å²) in [5.74, 6) is -0.360. The van der Waals surface area contributed by atoms with Crippen LogP contribution >= 0.6 is 23.2 Å². The highest BCUT2D eigenvalue weighted by molar-refractivity contribution is 6.34. The Labute approximate surface area is 162 Å². The summed E-state index contributed by atoms with van der Waals surface area (Å²) in [5.41, 5.74) is 4.33. The van der Waals surface area contributed by atoms with Crippen LogP contribution in [-0.2, 0) is 13.1 Å². The van der Waals surface area contributed by atoms with Crippen molar-refractivity contribution >= 4 is 29.1 Å². The number of pyridine rings is 1. The van der Waals surface area contributed by atoms with Crippen molar-refractivity contribution in [3.8, 4) is 0 Å². The molecule has 0 unspecified atom stereocenters. The van der Waals surface area contributed by atoms with Crippen molar-refractivity contribution in [2.24, 2.45) is 0 Å². The molecule has 2 heterocycles. The summed E-state index contributed by atoms with van der Waals surface area (Å²) in [5, 5.41) is 7.80. The molecule has 0 spiro atoms. The van der Waals surface area contributed by atoms with Gasteiger partial charge >= 0.3 is 0 Å². The highest BCUT2D eigenvalue weighted by Crippen LogP contribution is 2.17. The van der Waals surface area contributed by atoms with Gasteiger partial charge in [0.2, 0.25) is 0 Å². The van der Waals surface area contributed by atoms with Gasteiger partial charge in [0.15, 0.2) is 0 Å². The third-order valence-electron chi connectivity index (χ3n) is 3.91. The van der Waals surface area contributed by atoms with Crippen molar-refractivity contribution in [3.63, 3.8) is 0 Å². The summed E-state index contributed by atoms with van der Waals surface area (Å²) in [6, 6.07) is 13.2. The van der Waals surface area contributed by atoms with Gasteiger partial charge in [0.1, 0.15) is 10.8 Å². The van der Waals surface area contributed by atoms with Crippen molar-refractivity contribution in [3.05, 3.63) is 80.8 Å². The van der Waals surface area contributed by atoms with Gasteiger partial charge in [-0.2, -0.15) is 5.10 Å². The van der Waals surface area contributed by atoms with Crippen LogP contribution in [0.4, 0.5) is 0 Å². The number of carbonyl (C=O) groups is 1. The minimum absolute atomic E-state index is 0.123. The van der Waals surface area contributed by atoms with Gasteiger partial charge in [0.05, 0.1) is 17.3 Å². The van der Waals surface area contributed by atoms with E-state index in [-0.39, 0.29) is 21.8 Å². The molecule has 0 aliphatic heterocycles. The molecule has 0 fully saturated rings. The quantitative estimate of drug-likeness (QED) is 0.666. The van der Waals surface area contributed by atoms with Crippen LogP contribution in [0.15, 0.2) is 42.5 Å². The zero-order valence-corrected chi connectivity index (χ0v) is 16.0. The maximum absolute atomic E-state index is 12.3. The molecular weight excluding hydrogens is 371 g/mol. The molecule has 26 heavy (non-hydrogen) atoms. The summed E-state index contributed by atoms with van der Waals surface area (Å²) >= 11 is 11.8. The van der Waals surface area contributed by atoms with E-state index in [1.807, 2.05) is 48.9 Å². The number of aromatic nitrogens is 3. The number of rotatable bonds is 5. The fourth-order valence-corrected chi connectivity index (χ4v) is 3.03. The lowest BCUT2D eigenvalue weighted by Crippen LogP contribution is -2.24. The summed E-state index contributed by atoms with van der Waals surface area (Å²) in [7, 11) is 0. The number of nitrogens with zero attached hydrogens (tertiary/aromatic N) is 3. The van der Waals surface area contributed by atoms with Gasteiger partial charge in [0.25, 0.3) is 5.91 Å². The molecule has 0 aliphatic carbocycles. The van der Waals surface area contributed by atoms with Gasteiger partial charge in [-0.25, -0.2) is 4.98 Å². The number of hydrogen-bond acceptors (Lipinski definition) is 3. The predicted octanol–water partition coefficient (Wildman–Crippen LogP) is 4.18. The van der Waals surface area contributed by atoms with Crippen molar-refractivity contribution in [1.82, 2.24) is 20.1 Å². The standard InChI is InChI=1S/C19H18Cl2N4O/c1-12-8-13(2)25(24-12)11-15-5-3-4-14(9-15)10-22-19(26)18-16(20)6-7-17(21)23-18/h3-9H,10-11H2,1-2H3,(H,22,26). The van der Waals surface area contributed by atoms with Gasteiger partial charge < -0.3 is 5.32 Å². The van der Waals surface area contributed by atoms with Crippen LogP contribution < -0.4 is 5.32 Å². The predicted molar refractivity (Wildman–Crippen MR) is 103 cm³/mol. The summed E-state index contributed by atoms with van der Waals surface area (Å²) < 4.78 is 1.96. The van der Waals surface area contributed by atoms with E-state index in [1.165, 1.54) is 0 Å². The molecule has 0 saturated heterocycles. The summed E-state index contributed by atoms with van der Waals surface area (Å²) in [6.07, 6.45) is 0. The smallest absolute Gasteiger partial charge is 0.271 e. The molecule has 1 amide bonds. The normalized spacial score (nSPS) is 10.8. The Balaban J connectivity index is 1.68. The first-order valence-electron chi connectivity index (χ1n) is 8.11. The van der Waals surface area contributed by atoms with Crippen molar-refractivity contribution < 1.29 is 4.79 Å². The van der Waals surface area contributed by atoms with E-state index in [2.05, 4.69) is 15.4 Å². The van der Waals surface area contributed by atoms with E-state index in [9.17, 15) is 4.79 Å². The van der Waals surface area contributed by atoms with E-state index in [0.717, 1.165) is 22.5 Å². The molecule has 7 heteroatoms. The largest absolute Gasteiger partial charge is 0.347 e. The minimum Gasteiger partial charge on any atom is -0.347 e. The van der Waals surface area contributed by atoms with Crippen molar-refractivity contribution in [2.75, 3.05) is 0 Å². The van der Waals surface area contributed by atoms with Crippen molar-refractivity contribution in [1.29, 1.82) is 0 Å². The Kier molecular flexibility index (Phi) is 5.59. The molecular formula is C19H18Cl2N4O. The number of aryl methyl sites for hydroxylation is 2. The lowest BCUT2D eigenvalue weighted by atomic mass is 10.1. The van der Waals surface area contributed by atoms with Crippen LogP contribution in [0.3, 0.4) is 0 Å². The maximum Gasteiger partial charge on any atom is 0.271 e. The minimum atomic E-state index is -0.360. The molecule has 3 rings (SSSR count). The number of benzene rings is 1. The molecule has 5 nitrogen and oxygen atoms in total. The summed E-state index contributed by atoms with van der Waals surface area (Å²) in [6.45, 7) is 5.06. The second kappa shape index (κ2) is 7.89. The molecule has 0 saturated carbocycles. The van der Waals surface area contributed by atoms with Crippen LogP contribution in [0, 0.1) is 13.8 Å². The van der Waals surface area contributed by atoms with Gasteiger partial charge in [0, 0.05) is 12.2 Å². The van der Waals surface area contributed by atoms with E-state index in [1.54, 1.807) is 12.1 Å². The molecule has 1 aromatic carbocycles. The third kappa shape index (κ3) is 4.42. The first-order chi connectivity index (χ1) is 12.4. The zero-order chi connectivity index (χ0) is 18.7. The SMILES string of the molecule is Cc1cc(C)n(Cc2cccc(CNC(=O)c3nc(Cl)ccc3Cl)c2)n1. The molecule has 0 aliphatic rings. The topological polar surface area (TPSA) is 59.8 Å². The average Bonchev–Trinajstić information content (AvgIpc) is 2.92. The molecule has 0 radical (unpaired) electrons. The second-order valence-electron chi connectivity index (χ2n) is 6.05. The number of halogens is 2. The zero-order valence-electron chi connectivity index (χ0n) is 14.5. The van der Waals surface area contributed by atoms with Crippen LogP contribution in [0.5, 0.6) is 0 Å². The van der Waals surface area contributed by atoms with Crippen LogP contribution in [0.1, 0.15) is 33.0 Å². The molecule has 134 valence electrons. The van der Waals surface area contributed by atoms with Gasteiger partial charge in [-0.3, -0.25) is 9.48 Å². The maximum atomic E-state index is 12.3. The highest BCUT2D eigenvalue weighted by atomic mass is 35.5. The molecule has 2 aromatic heterocycles. The monoisotopic (exact) mass is 388 g/mol. The number of amides is 1. The van der Waals surface area contributed by atoms with Crippen molar-refractivity contribution in [2.45, 2.75) is 26.9 Å². The highest BCUT2D eigenvalue weighted by Gasteiger charge is 2.12. The van der Waals surface area contributed by atoms with Crippen LogP contribution in [-0.4, -0.2) is 20.7 Å². The average molecular weight is 389 g/mol. The number of hydrogen-bond donors (Lipinski definition) is 1. The molecule has 0 bridgehead atoms. The lowest BCUT2D eigenvalue weighted by molar-refractivity contribution is 0.0946. The van der Waals surface area contributed by atoms with E-state index >= 15 is 0 Å². The van der Waals surface area contributed by atoms with Crippen LogP contribution in [0.2, 0.25) is 10.2 Å². The van der Waals surface area contributed by atoms with E-state index < -0.39 is 0 Å². The first-order valence-corrected chi connectivity index (χ1v) is 8.87. The van der Waals surface area contributed by atoms with Gasteiger partial charge in [-0.1, -0.05) is 47.5 Å². The Morgan fingerprint density at radius 3 is 2.62 bits per heavy atom. The van der Waals surface area contributed by atoms with E-state index in [4.69, 9.17) is 23.2 Å².